The van der Waals surface area contributed by atoms with E-state index in [0.717, 1.165) is 24.2 Å². The first-order valence-electron chi connectivity index (χ1n) is 9.21. The third kappa shape index (κ3) is 2.66. The number of nitrogens with one attached hydrogen (secondary N) is 1. The number of amides is 3. The van der Waals surface area contributed by atoms with E-state index in [4.69, 9.17) is 0 Å². The first-order valence-corrected chi connectivity index (χ1v) is 9.21. The van der Waals surface area contributed by atoms with Crippen molar-refractivity contribution in [2.75, 3.05) is 6.54 Å². The fourth-order valence-electron chi connectivity index (χ4n) is 5.05. The number of carbonyl (C=O) groups is 3. The summed E-state index contributed by atoms with van der Waals surface area (Å²) in [5.74, 6) is 0.923. The largest absolute Gasteiger partial charge is 0.325 e. The Morgan fingerprint density at radius 3 is 2.44 bits per heavy atom. The highest BCUT2D eigenvalue weighted by atomic mass is 16.2. The van der Waals surface area contributed by atoms with Crippen LogP contribution in [0.15, 0.2) is 30.3 Å². The zero-order chi connectivity index (χ0) is 17.6. The molecule has 0 spiro atoms. The van der Waals surface area contributed by atoms with Gasteiger partial charge in [0.25, 0.3) is 5.91 Å². The van der Waals surface area contributed by atoms with E-state index in [2.05, 4.69) is 5.32 Å². The van der Waals surface area contributed by atoms with Crippen LogP contribution in [-0.2, 0) is 4.79 Å². The lowest BCUT2D eigenvalue weighted by Crippen LogP contribution is -2.56. The summed E-state index contributed by atoms with van der Waals surface area (Å²) < 4.78 is 0. The molecule has 5 heteroatoms. The predicted molar refractivity (Wildman–Crippen MR) is 93.0 cm³/mol. The molecular formula is C20H24N2O3. The highest BCUT2D eigenvalue weighted by Gasteiger charge is 2.56. The van der Waals surface area contributed by atoms with Gasteiger partial charge < -0.3 is 5.32 Å². The molecule has 25 heavy (non-hydrogen) atoms. The molecule has 1 aromatic rings. The van der Waals surface area contributed by atoms with Crippen LogP contribution < -0.4 is 5.32 Å². The minimum Gasteiger partial charge on any atom is -0.323 e. The van der Waals surface area contributed by atoms with Crippen molar-refractivity contribution in [3.8, 4) is 0 Å². The number of ketones is 1. The van der Waals surface area contributed by atoms with E-state index in [1.54, 1.807) is 24.3 Å². The van der Waals surface area contributed by atoms with Crippen LogP contribution in [0.5, 0.6) is 0 Å². The van der Waals surface area contributed by atoms with Gasteiger partial charge in [0.2, 0.25) is 0 Å². The standard InChI is InChI=1S/C20H24N2O3/c1-20(16-11-13-7-9-14(16)10-8-13)18(24)22(19(25)21-20)12-17(23)15-5-3-2-4-6-15/h2-6,13-14,16H,7-12H2,1H3,(H,21,25). The van der Waals surface area contributed by atoms with Gasteiger partial charge in [0.1, 0.15) is 5.54 Å². The molecule has 5 nitrogen and oxygen atoms in total. The molecule has 132 valence electrons. The lowest BCUT2D eigenvalue weighted by atomic mass is 9.59. The Labute approximate surface area is 147 Å². The first-order chi connectivity index (χ1) is 12.0. The molecule has 1 aliphatic heterocycles. The monoisotopic (exact) mass is 340 g/mol. The lowest BCUT2D eigenvalue weighted by Gasteiger charge is -2.48. The van der Waals surface area contributed by atoms with E-state index in [-0.39, 0.29) is 24.2 Å². The summed E-state index contributed by atoms with van der Waals surface area (Å²) in [6.45, 7) is 1.66. The Bertz CT molecular complexity index is 709. The van der Waals surface area contributed by atoms with Crippen molar-refractivity contribution in [3.05, 3.63) is 35.9 Å². The molecule has 3 saturated carbocycles. The number of nitrogens with zero attached hydrogens (tertiary/aromatic N) is 1. The van der Waals surface area contributed by atoms with Gasteiger partial charge in [-0.25, -0.2) is 4.79 Å². The van der Waals surface area contributed by atoms with Gasteiger partial charge in [-0.2, -0.15) is 0 Å². The summed E-state index contributed by atoms with van der Waals surface area (Å²) in [5, 5.41) is 2.93. The van der Waals surface area contributed by atoms with Crippen LogP contribution in [0, 0.1) is 17.8 Å². The van der Waals surface area contributed by atoms with E-state index < -0.39 is 11.6 Å². The van der Waals surface area contributed by atoms with Gasteiger partial charge in [0.15, 0.2) is 5.78 Å². The number of Topliss-reactive ketones (excluding diaryl/α,β-unsaturated/α-hetero) is 1. The van der Waals surface area contributed by atoms with Crippen LogP contribution in [0.25, 0.3) is 0 Å². The molecule has 1 aromatic carbocycles. The molecule has 4 fully saturated rings. The molecule has 3 amide bonds. The summed E-state index contributed by atoms with van der Waals surface area (Å²) in [6, 6.07) is 8.38. The van der Waals surface area contributed by atoms with Crippen LogP contribution in [0.3, 0.4) is 0 Å². The zero-order valence-corrected chi connectivity index (χ0v) is 14.5. The van der Waals surface area contributed by atoms with Gasteiger partial charge in [-0.1, -0.05) is 43.2 Å². The van der Waals surface area contributed by atoms with Crippen LogP contribution in [0.4, 0.5) is 4.79 Å². The predicted octanol–water partition coefficient (Wildman–Crippen LogP) is 3.01. The summed E-state index contributed by atoms with van der Waals surface area (Å²) in [5.41, 5.74) is -0.342. The van der Waals surface area contributed by atoms with Crippen LogP contribution in [-0.4, -0.2) is 34.7 Å². The molecular weight excluding hydrogens is 316 g/mol. The average molecular weight is 340 g/mol. The maximum absolute atomic E-state index is 13.1. The fraction of sp³-hybridized carbons (Fsp3) is 0.550. The van der Waals surface area contributed by atoms with E-state index in [0.29, 0.717) is 17.4 Å². The molecule has 1 N–H and O–H groups in total. The second-order valence-electron chi connectivity index (χ2n) is 7.94. The summed E-state index contributed by atoms with van der Waals surface area (Å²) in [4.78, 5) is 39.1. The van der Waals surface area contributed by atoms with Crippen LogP contribution in [0.1, 0.15) is 49.4 Å². The Balaban J connectivity index is 1.53. The van der Waals surface area contributed by atoms with Crippen molar-refractivity contribution < 1.29 is 14.4 Å². The van der Waals surface area contributed by atoms with Crippen LogP contribution in [0.2, 0.25) is 0 Å². The minimum atomic E-state index is -0.863. The van der Waals surface area contributed by atoms with Crippen molar-refractivity contribution in [3.63, 3.8) is 0 Å². The topological polar surface area (TPSA) is 66.5 Å². The van der Waals surface area contributed by atoms with E-state index in [1.165, 1.54) is 12.8 Å². The van der Waals surface area contributed by atoms with Gasteiger partial charge in [0.05, 0.1) is 6.54 Å². The number of urea groups is 1. The first kappa shape index (κ1) is 16.3. The average Bonchev–Trinajstić information content (AvgIpc) is 2.87. The molecule has 2 atom stereocenters. The van der Waals surface area contributed by atoms with Crippen molar-refractivity contribution >= 4 is 17.7 Å². The van der Waals surface area contributed by atoms with Crippen molar-refractivity contribution in [1.29, 1.82) is 0 Å². The van der Waals surface area contributed by atoms with Crippen molar-refractivity contribution in [2.24, 2.45) is 17.8 Å². The summed E-state index contributed by atoms with van der Waals surface area (Å²) >= 11 is 0. The molecule has 5 rings (SSSR count). The Morgan fingerprint density at radius 2 is 1.84 bits per heavy atom. The molecule has 0 radical (unpaired) electrons. The van der Waals surface area contributed by atoms with E-state index in [1.807, 2.05) is 13.0 Å². The number of imide groups is 1. The third-order valence-electron chi connectivity index (χ3n) is 6.49. The zero-order valence-electron chi connectivity index (χ0n) is 14.5. The second-order valence-corrected chi connectivity index (χ2v) is 7.94. The third-order valence-corrected chi connectivity index (χ3v) is 6.49. The number of rotatable bonds is 4. The van der Waals surface area contributed by atoms with E-state index in [9.17, 15) is 14.4 Å². The Kier molecular flexibility index (Phi) is 3.89. The molecule has 0 aromatic heterocycles. The normalized spacial score (nSPS) is 34.3. The van der Waals surface area contributed by atoms with Gasteiger partial charge in [-0.15, -0.1) is 0 Å². The number of fused-ring (bicyclic) bond motifs is 3. The molecule has 1 saturated heterocycles. The molecule has 4 aliphatic rings. The number of hydrogen-bond acceptors (Lipinski definition) is 3. The SMILES string of the molecule is CC1(C2CC3CCC2CC3)NC(=O)N(CC(=O)c2ccccc2)C1=O. The van der Waals surface area contributed by atoms with Crippen LogP contribution >= 0.6 is 0 Å². The summed E-state index contributed by atoms with van der Waals surface area (Å²) in [6.07, 6.45) is 5.80. The number of hydrogen-bond donors (Lipinski definition) is 1. The second kappa shape index (κ2) is 5.97. The Hall–Kier alpha value is -2.17. The number of carbonyl (C=O) groups excluding carboxylic acids is 3. The molecule has 2 unspecified atom stereocenters. The van der Waals surface area contributed by atoms with Gasteiger partial charge in [0, 0.05) is 5.56 Å². The highest BCUT2D eigenvalue weighted by Crippen LogP contribution is 2.50. The molecule has 2 bridgehead atoms. The van der Waals surface area contributed by atoms with E-state index >= 15 is 0 Å². The quantitative estimate of drug-likeness (QED) is 0.677. The number of benzene rings is 1. The maximum Gasteiger partial charge on any atom is 0.325 e. The van der Waals surface area contributed by atoms with Crippen molar-refractivity contribution in [1.82, 2.24) is 10.2 Å². The lowest BCUT2D eigenvalue weighted by molar-refractivity contribution is -0.134. The highest BCUT2D eigenvalue weighted by molar-refractivity contribution is 6.11. The van der Waals surface area contributed by atoms with Gasteiger partial charge in [-0.3, -0.25) is 14.5 Å². The Morgan fingerprint density at radius 1 is 1.16 bits per heavy atom. The minimum absolute atomic E-state index is 0.188. The maximum atomic E-state index is 13.1. The molecule has 1 heterocycles. The smallest absolute Gasteiger partial charge is 0.323 e. The summed E-state index contributed by atoms with van der Waals surface area (Å²) in [7, 11) is 0. The van der Waals surface area contributed by atoms with Gasteiger partial charge >= 0.3 is 6.03 Å². The fourth-order valence-corrected chi connectivity index (χ4v) is 5.05. The molecule has 3 aliphatic carbocycles. The van der Waals surface area contributed by atoms with Crippen molar-refractivity contribution in [2.45, 2.75) is 44.6 Å². The van der Waals surface area contributed by atoms with Gasteiger partial charge in [-0.05, 0) is 43.9 Å².